The third kappa shape index (κ3) is 3.99. The number of rotatable bonds is 7. The first-order valence-corrected chi connectivity index (χ1v) is 11.6. The van der Waals surface area contributed by atoms with Crippen molar-refractivity contribution in [3.05, 3.63) is 88.5 Å². The second-order valence-electron chi connectivity index (χ2n) is 7.60. The summed E-state index contributed by atoms with van der Waals surface area (Å²) in [4.78, 5) is 13.5. The minimum absolute atomic E-state index is 0.199. The highest BCUT2D eigenvalue weighted by molar-refractivity contribution is 7.99. The zero-order valence-electron chi connectivity index (χ0n) is 18.6. The molecular weight excluding hydrogens is 455 g/mol. The fourth-order valence-corrected chi connectivity index (χ4v) is 4.54. The summed E-state index contributed by atoms with van der Waals surface area (Å²) in [6.07, 6.45) is 0. The Hall–Kier alpha value is -3.85. The van der Waals surface area contributed by atoms with Crippen molar-refractivity contribution in [3.8, 4) is 17.2 Å². The molecule has 9 heteroatoms. The molecule has 0 amide bonds. The van der Waals surface area contributed by atoms with Crippen molar-refractivity contribution < 1.29 is 13.9 Å². The maximum atomic E-state index is 13.5. The van der Waals surface area contributed by atoms with Crippen LogP contribution in [-0.4, -0.2) is 38.6 Å². The Balaban J connectivity index is 1.56. The van der Waals surface area contributed by atoms with E-state index in [1.165, 1.54) is 23.9 Å². The molecule has 5 rings (SSSR count). The van der Waals surface area contributed by atoms with E-state index in [0.717, 1.165) is 11.1 Å². The Labute approximate surface area is 198 Å². The van der Waals surface area contributed by atoms with Crippen molar-refractivity contribution in [1.82, 2.24) is 19.2 Å². The van der Waals surface area contributed by atoms with Crippen LogP contribution >= 0.6 is 11.8 Å². The van der Waals surface area contributed by atoms with Gasteiger partial charge in [-0.15, -0.1) is 10.2 Å². The number of aromatic nitrogens is 4. The van der Waals surface area contributed by atoms with E-state index in [0.29, 0.717) is 45.9 Å². The Morgan fingerprint density at radius 3 is 2.62 bits per heavy atom. The van der Waals surface area contributed by atoms with Crippen LogP contribution in [0.5, 0.6) is 11.5 Å². The number of aryl methyl sites for hydroxylation is 1. The van der Waals surface area contributed by atoms with E-state index in [-0.39, 0.29) is 11.4 Å². The molecule has 5 aromatic rings. The zero-order valence-corrected chi connectivity index (χ0v) is 19.4. The summed E-state index contributed by atoms with van der Waals surface area (Å²) in [6.45, 7) is 2.35. The quantitative estimate of drug-likeness (QED) is 0.251. The lowest BCUT2D eigenvalue weighted by Gasteiger charge is -2.14. The van der Waals surface area contributed by atoms with Gasteiger partial charge in [0.1, 0.15) is 17.3 Å². The molecule has 0 unspecified atom stereocenters. The molecule has 0 aliphatic heterocycles. The molecule has 7 nitrogen and oxygen atoms in total. The van der Waals surface area contributed by atoms with E-state index in [1.54, 1.807) is 29.9 Å². The molecule has 0 radical (unpaired) electrons. The van der Waals surface area contributed by atoms with Crippen LogP contribution in [0.25, 0.3) is 22.4 Å². The molecule has 0 aliphatic rings. The lowest BCUT2D eigenvalue weighted by Crippen LogP contribution is -2.22. The Morgan fingerprint density at radius 1 is 1.03 bits per heavy atom. The van der Waals surface area contributed by atoms with Gasteiger partial charge < -0.3 is 9.47 Å². The van der Waals surface area contributed by atoms with Crippen LogP contribution in [0.1, 0.15) is 5.56 Å². The predicted octanol–water partition coefficient (Wildman–Crippen LogP) is 4.66. The first kappa shape index (κ1) is 22.0. The second kappa shape index (κ2) is 9.18. The summed E-state index contributed by atoms with van der Waals surface area (Å²) >= 11 is 1.46. The number of para-hydroxylation sites is 1. The van der Waals surface area contributed by atoms with Gasteiger partial charge in [0.05, 0.1) is 30.3 Å². The van der Waals surface area contributed by atoms with Gasteiger partial charge in [-0.1, -0.05) is 30.0 Å². The largest absolute Gasteiger partial charge is 0.495 e. The topological polar surface area (TPSA) is 70.7 Å². The summed E-state index contributed by atoms with van der Waals surface area (Å²) in [5.74, 6) is 1.84. The van der Waals surface area contributed by atoms with E-state index in [4.69, 9.17) is 9.47 Å². The van der Waals surface area contributed by atoms with Crippen molar-refractivity contribution in [3.63, 3.8) is 0 Å². The number of hydrogen-bond donors (Lipinski definition) is 0. The maximum absolute atomic E-state index is 13.5. The summed E-state index contributed by atoms with van der Waals surface area (Å²) in [5, 5.41) is 9.93. The van der Waals surface area contributed by atoms with Crippen molar-refractivity contribution in [2.24, 2.45) is 0 Å². The van der Waals surface area contributed by atoms with Crippen LogP contribution < -0.4 is 15.0 Å². The maximum Gasteiger partial charge on any atom is 0.267 e. The third-order valence-corrected chi connectivity index (χ3v) is 6.26. The molecule has 0 N–H and O–H groups in total. The molecular formula is C25H21FN4O3S. The second-order valence-corrected chi connectivity index (χ2v) is 8.66. The predicted molar refractivity (Wildman–Crippen MR) is 130 cm³/mol. The number of hydrogen-bond acceptors (Lipinski definition) is 6. The van der Waals surface area contributed by atoms with E-state index >= 15 is 0 Å². The highest BCUT2D eigenvalue weighted by Crippen LogP contribution is 2.28. The molecule has 0 spiro atoms. The molecule has 34 heavy (non-hydrogen) atoms. The summed E-state index contributed by atoms with van der Waals surface area (Å²) < 4.78 is 27.7. The summed E-state index contributed by atoms with van der Waals surface area (Å²) in [6, 6.07) is 18.9. The van der Waals surface area contributed by atoms with Crippen molar-refractivity contribution in [2.75, 3.05) is 19.5 Å². The Kier molecular flexibility index (Phi) is 5.93. The summed E-state index contributed by atoms with van der Waals surface area (Å²) in [7, 11) is 1.57. The van der Waals surface area contributed by atoms with E-state index < -0.39 is 0 Å². The molecule has 2 aromatic heterocycles. The van der Waals surface area contributed by atoms with E-state index in [1.807, 2.05) is 47.7 Å². The molecule has 172 valence electrons. The van der Waals surface area contributed by atoms with Gasteiger partial charge in [0.25, 0.3) is 5.56 Å². The smallest absolute Gasteiger partial charge is 0.267 e. The molecule has 0 saturated heterocycles. The van der Waals surface area contributed by atoms with Crippen molar-refractivity contribution in [2.45, 2.75) is 12.1 Å². The molecule has 3 aromatic carbocycles. The molecule has 0 bridgehead atoms. The number of fused-ring (bicyclic) bond motifs is 3. The number of nitrogens with zero attached hydrogens (tertiary/aromatic N) is 4. The minimum Gasteiger partial charge on any atom is -0.495 e. The lowest BCUT2D eigenvalue weighted by atomic mass is 10.2. The first-order chi connectivity index (χ1) is 16.6. The fourth-order valence-electron chi connectivity index (χ4n) is 3.79. The molecule has 2 heterocycles. The van der Waals surface area contributed by atoms with Gasteiger partial charge in [-0.2, -0.15) is 0 Å². The van der Waals surface area contributed by atoms with Crippen LogP contribution in [0.15, 0.2) is 76.7 Å². The van der Waals surface area contributed by atoms with Crippen molar-refractivity contribution >= 4 is 28.4 Å². The highest BCUT2D eigenvalue weighted by Gasteiger charge is 2.20. The Bertz CT molecular complexity index is 1550. The average Bonchev–Trinajstić information content (AvgIpc) is 3.27. The van der Waals surface area contributed by atoms with Crippen LogP contribution in [0, 0.1) is 12.7 Å². The molecule has 0 atom stereocenters. The van der Waals surface area contributed by atoms with E-state index in [9.17, 15) is 9.18 Å². The minimum atomic E-state index is -0.306. The molecule has 0 aliphatic carbocycles. The SMILES string of the molecule is COc1ccc(C)cc1-n1c(=O)c2ccccc2n2c(SCCOc3ccc(F)cc3)nnc12. The summed E-state index contributed by atoms with van der Waals surface area (Å²) in [5.41, 5.74) is 2.11. The average molecular weight is 477 g/mol. The van der Waals surface area contributed by atoms with Crippen molar-refractivity contribution in [1.29, 1.82) is 0 Å². The van der Waals surface area contributed by atoms with Crippen LogP contribution in [0.2, 0.25) is 0 Å². The number of halogens is 1. The normalized spacial score (nSPS) is 11.3. The Morgan fingerprint density at radius 2 is 1.82 bits per heavy atom. The lowest BCUT2D eigenvalue weighted by molar-refractivity contribution is 0.343. The highest BCUT2D eigenvalue weighted by atomic mass is 32.2. The fraction of sp³-hybridized carbons (Fsp3) is 0.160. The number of benzene rings is 3. The zero-order chi connectivity index (χ0) is 23.7. The van der Waals surface area contributed by atoms with E-state index in [2.05, 4.69) is 10.2 Å². The number of ether oxygens (including phenoxy) is 2. The van der Waals surface area contributed by atoms with Gasteiger partial charge >= 0.3 is 0 Å². The number of thioether (sulfide) groups is 1. The standard InChI is InChI=1S/C25H21FN4O3S/c1-16-7-12-22(32-2)21(15-16)29-23(31)19-5-3-4-6-20(19)30-24(29)27-28-25(30)34-14-13-33-18-10-8-17(26)9-11-18/h3-12,15H,13-14H2,1-2H3. The monoisotopic (exact) mass is 476 g/mol. The van der Waals surface area contributed by atoms with Crippen LogP contribution in [0.4, 0.5) is 4.39 Å². The van der Waals surface area contributed by atoms with Crippen LogP contribution in [0.3, 0.4) is 0 Å². The van der Waals surface area contributed by atoms with Gasteiger partial charge in [-0.05, 0) is 61.0 Å². The molecule has 0 saturated carbocycles. The van der Waals surface area contributed by atoms with Gasteiger partial charge in [-0.25, -0.2) is 8.96 Å². The third-order valence-electron chi connectivity index (χ3n) is 5.37. The first-order valence-electron chi connectivity index (χ1n) is 10.6. The van der Waals surface area contributed by atoms with Gasteiger partial charge in [0.15, 0.2) is 5.16 Å². The molecule has 0 fully saturated rings. The number of methoxy groups -OCH3 is 1. The van der Waals surface area contributed by atoms with Crippen LogP contribution in [-0.2, 0) is 0 Å². The van der Waals surface area contributed by atoms with Gasteiger partial charge in [-0.3, -0.25) is 9.20 Å². The van der Waals surface area contributed by atoms with Gasteiger partial charge in [0, 0.05) is 5.75 Å². The van der Waals surface area contributed by atoms with Gasteiger partial charge in [0.2, 0.25) is 5.78 Å².